The van der Waals surface area contributed by atoms with E-state index in [1.807, 2.05) is 0 Å². The standard InChI is InChI=1S/C7H8N2O5S/c1-4(10)9-15(13,14)6-3-2-5(8-6)7(11)12/h2-3,8H,1H3,(H,9,10)(H,11,12). The Balaban J connectivity index is 3.06. The lowest BCUT2D eigenvalue weighted by Gasteiger charge is -2.00. The first-order chi connectivity index (χ1) is 6.83. The number of amides is 1. The van der Waals surface area contributed by atoms with Crippen LogP contribution in [0.1, 0.15) is 17.4 Å². The number of carboxylic acid groups (broad SMARTS) is 1. The summed E-state index contributed by atoms with van der Waals surface area (Å²) < 4.78 is 24.3. The molecule has 3 N–H and O–H groups in total. The highest BCUT2D eigenvalue weighted by molar-refractivity contribution is 7.90. The summed E-state index contributed by atoms with van der Waals surface area (Å²) in [5.74, 6) is -2.03. The van der Waals surface area contributed by atoms with Gasteiger partial charge < -0.3 is 10.1 Å². The predicted octanol–water partition coefficient (Wildman–Crippen LogP) is -0.462. The van der Waals surface area contributed by atoms with Crippen molar-refractivity contribution in [3.8, 4) is 0 Å². The van der Waals surface area contributed by atoms with Gasteiger partial charge in [-0.05, 0) is 12.1 Å². The number of carbonyl (C=O) groups is 2. The number of aromatic amines is 1. The number of carbonyl (C=O) groups excluding carboxylic acids is 1. The highest BCUT2D eigenvalue weighted by atomic mass is 32.2. The maximum absolute atomic E-state index is 11.3. The Hall–Kier alpha value is -1.83. The highest BCUT2D eigenvalue weighted by Gasteiger charge is 2.18. The second-order valence-corrected chi connectivity index (χ2v) is 4.35. The summed E-state index contributed by atoms with van der Waals surface area (Å²) in [5.41, 5.74) is -0.265. The second kappa shape index (κ2) is 3.73. The molecule has 0 aliphatic carbocycles. The minimum Gasteiger partial charge on any atom is -0.477 e. The van der Waals surface area contributed by atoms with Gasteiger partial charge >= 0.3 is 5.97 Å². The summed E-state index contributed by atoms with van der Waals surface area (Å²) in [6.45, 7) is 1.04. The lowest BCUT2D eigenvalue weighted by Crippen LogP contribution is -2.28. The minimum absolute atomic E-state index is 0.265. The van der Waals surface area contributed by atoms with Gasteiger partial charge in [-0.25, -0.2) is 9.52 Å². The summed E-state index contributed by atoms with van der Waals surface area (Å²) in [7, 11) is -3.99. The Kier molecular flexibility index (Phi) is 2.80. The number of hydrogen-bond donors (Lipinski definition) is 3. The average molecular weight is 232 g/mol. The van der Waals surface area contributed by atoms with Crippen molar-refractivity contribution in [2.45, 2.75) is 11.9 Å². The molecule has 1 amide bonds. The molecule has 0 saturated carbocycles. The lowest BCUT2D eigenvalue weighted by molar-refractivity contribution is -0.117. The Morgan fingerprint density at radius 1 is 1.40 bits per heavy atom. The van der Waals surface area contributed by atoms with Crippen LogP contribution in [0.2, 0.25) is 0 Å². The molecule has 0 unspecified atom stereocenters. The van der Waals surface area contributed by atoms with Crippen LogP contribution in [0.5, 0.6) is 0 Å². The Labute approximate surface area is 85.2 Å². The molecule has 1 heterocycles. The van der Waals surface area contributed by atoms with Gasteiger partial charge in [-0.15, -0.1) is 0 Å². The second-order valence-electron chi connectivity index (χ2n) is 2.70. The fourth-order valence-corrected chi connectivity index (χ4v) is 1.88. The molecule has 0 aromatic carbocycles. The van der Waals surface area contributed by atoms with E-state index in [9.17, 15) is 18.0 Å². The molecule has 0 spiro atoms. The monoisotopic (exact) mass is 232 g/mol. The van der Waals surface area contributed by atoms with Gasteiger partial charge in [-0.2, -0.15) is 8.42 Å². The smallest absolute Gasteiger partial charge is 0.352 e. The molecule has 0 radical (unpaired) electrons. The topological polar surface area (TPSA) is 116 Å². The molecule has 0 saturated heterocycles. The van der Waals surface area contributed by atoms with Gasteiger partial charge in [0.2, 0.25) is 5.91 Å². The van der Waals surface area contributed by atoms with Gasteiger partial charge in [0.15, 0.2) is 5.03 Å². The summed E-state index contributed by atoms with van der Waals surface area (Å²) >= 11 is 0. The first-order valence-electron chi connectivity index (χ1n) is 3.78. The van der Waals surface area contributed by atoms with E-state index in [1.165, 1.54) is 0 Å². The molecular weight excluding hydrogens is 224 g/mol. The third-order valence-electron chi connectivity index (χ3n) is 1.46. The van der Waals surface area contributed by atoms with Crippen LogP contribution in [-0.4, -0.2) is 30.4 Å². The molecule has 8 heteroatoms. The lowest BCUT2D eigenvalue weighted by atomic mass is 10.4. The number of aromatic carboxylic acids is 1. The van der Waals surface area contributed by atoms with Crippen molar-refractivity contribution in [3.63, 3.8) is 0 Å². The van der Waals surface area contributed by atoms with Gasteiger partial charge in [-0.3, -0.25) is 4.79 Å². The van der Waals surface area contributed by atoms with Gasteiger partial charge in [0.1, 0.15) is 5.69 Å². The van der Waals surface area contributed by atoms with Crippen molar-refractivity contribution in [1.29, 1.82) is 0 Å². The predicted molar refractivity (Wildman–Crippen MR) is 48.8 cm³/mol. The molecule has 1 rings (SSSR count). The first-order valence-corrected chi connectivity index (χ1v) is 5.27. The normalized spacial score (nSPS) is 11.0. The molecule has 0 atom stereocenters. The van der Waals surface area contributed by atoms with Gasteiger partial charge in [-0.1, -0.05) is 0 Å². The fraction of sp³-hybridized carbons (Fsp3) is 0.143. The zero-order chi connectivity index (χ0) is 11.6. The van der Waals surface area contributed by atoms with E-state index in [-0.39, 0.29) is 10.7 Å². The van der Waals surface area contributed by atoms with Crippen LogP contribution in [0.15, 0.2) is 17.2 Å². The molecule has 0 aliphatic rings. The van der Waals surface area contributed by atoms with Crippen molar-refractivity contribution in [3.05, 3.63) is 17.8 Å². The summed E-state index contributed by atoms with van der Waals surface area (Å²) in [5, 5.41) is 8.17. The molecule has 0 bridgehead atoms. The van der Waals surface area contributed by atoms with Crippen molar-refractivity contribution in [2.75, 3.05) is 0 Å². The average Bonchev–Trinajstić information content (AvgIpc) is 2.48. The Morgan fingerprint density at radius 2 is 2.00 bits per heavy atom. The number of carboxylic acids is 1. The third kappa shape index (κ3) is 2.56. The SMILES string of the molecule is CC(=O)NS(=O)(=O)c1ccc(C(=O)O)[nH]1. The quantitative estimate of drug-likeness (QED) is 0.651. The molecule has 7 nitrogen and oxygen atoms in total. The molecule has 1 aromatic rings. The van der Waals surface area contributed by atoms with Crippen LogP contribution in [0.3, 0.4) is 0 Å². The van der Waals surface area contributed by atoms with E-state index in [4.69, 9.17) is 5.11 Å². The third-order valence-corrected chi connectivity index (χ3v) is 2.83. The van der Waals surface area contributed by atoms with Crippen molar-refractivity contribution < 1.29 is 23.1 Å². The first kappa shape index (κ1) is 11.2. The molecule has 1 aromatic heterocycles. The van der Waals surface area contributed by atoms with Crippen LogP contribution in [-0.2, 0) is 14.8 Å². The van der Waals surface area contributed by atoms with Crippen LogP contribution in [0, 0.1) is 0 Å². The van der Waals surface area contributed by atoms with E-state index in [1.54, 1.807) is 4.72 Å². The van der Waals surface area contributed by atoms with Crippen molar-refractivity contribution in [2.24, 2.45) is 0 Å². The van der Waals surface area contributed by atoms with Gasteiger partial charge in [0.05, 0.1) is 0 Å². The van der Waals surface area contributed by atoms with E-state index in [0.717, 1.165) is 19.1 Å². The molecule has 0 fully saturated rings. The summed E-state index contributed by atoms with van der Waals surface area (Å²) in [6.07, 6.45) is 0. The Morgan fingerprint density at radius 3 is 2.40 bits per heavy atom. The maximum Gasteiger partial charge on any atom is 0.352 e. The zero-order valence-corrected chi connectivity index (χ0v) is 8.46. The van der Waals surface area contributed by atoms with E-state index in [2.05, 4.69) is 4.98 Å². The highest BCUT2D eigenvalue weighted by Crippen LogP contribution is 2.08. The number of rotatable bonds is 3. The van der Waals surface area contributed by atoms with Gasteiger partial charge in [0.25, 0.3) is 10.0 Å². The Bertz CT molecular complexity index is 501. The van der Waals surface area contributed by atoms with Crippen LogP contribution in [0.25, 0.3) is 0 Å². The molecule has 15 heavy (non-hydrogen) atoms. The molecule has 0 aliphatic heterocycles. The van der Waals surface area contributed by atoms with Crippen LogP contribution in [0.4, 0.5) is 0 Å². The zero-order valence-electron chi connectivity index (χ0n) is 7.64. The number of hydrogen-bond acceptors (Lipinski definition) is 4. The fourth-order valence-electron chi connectivity index (χ4n) is 0.901. The van der Waals surface area contributed by atoms with Crippen molar-refractivity contribution in [1.82, 2.24) is 9.71 Å². The van der Waals surface area contributed by atoms with Crippen molar-refractivity contribution >= 4 is 21.9 Å². The van der Waals surface area contributed by atoms with Crippen LogP contribution < -0.4 is 4.72 Å². The van der Waals surface area contributed by atoms with Gasteiger partial charge in [0, 0.05) is 6.92 Å². The summed E-state index contributed by atoms with van der Waals surface area (Å²) in [6, 6.07) is 2.16. The van der Waals surface area contributed by atoms with Crippen LogP contribution >= 0.6 is 0 Å². The minimum atomic E-state index is -3.99. The number of H-pyrrole nitrogens is 1. The maximum atomic E-state index is 11.3. The van der Waals surface area contributed by atoms with E-state index >= 15 is 0 Å². The van der Waals surface area contributed by atoms with E-state index < -0.39 is 21.9 Å². The molecule has 82 valence electrons. The molecular formula is C7H8N2O5S. The summed E-state index contributed by atoms with van der Waals surface area (Å²) in [4.78, 5) is 23.2. The largest absolute Gasteiger partial charge is 0.477 e. The number of sulfonamides is 1. The number of aromatic nitrogens is 1. The number of nitrogens with one attached hydrogen (secondary N) is 2. The van der Waals surface area contributed by atoms with E-state index in [0.29, 0.717) is 0 Å².